The van der Waals surface area contributed by atoms with Crippen molar-refractivity contribution in [2.24, 2.45) is 11.3 Å². The molecule has 0 amide bonds. The average Bonchev–Trinajstić information content (AvgIpc) is 3.06. The molecule has 0 heterocycles. The van der Waals surface area contributed by atoms with Gasteiger partial charge < -0.3 is 0 Å². The van der Waals surface area contributed by atoms with Crippen LogP contribution in [-0.2, 0) is 6.42 Å². The molecule has 0 aliphatic heterocycles. The van der Waals surface area contributed by atoms with Crippen LogP contribution in [0.2, 0.25) is 10.0 Å². The second kappa shape index (κ2) is 4.88. The first-order chi connectivity index (χ1) is 7.55. The fraction of sp³-hybridized carbons (Fsp3) is 0.538. The van der Waals surface area contributed by atoms with Crippen LogP contribution in [0.15, 0.2) is 18.2 Å². The molecular formula is C13H15BrCl2. The van der Waals surface area contributed by atoms with E-state index in [1.54, 1.807) is 0 Å². The molecule has 0 aromatic heterocycles. The highest BCUT2D eigenvalue weighted by Crippen LogP contribution is 2.48. The molecule has 1 aliphatic rings. The standard InChI is InChI=1S/C13H15BrCl2/c1-13(8-14,10-3-4-10)7-9-2-5-11(15)6-12(9)16/h2,5-6,10H,3-4,7-8H2,1H3. The minimum Gasteiger partial charge on any atom is -0.0922 e. The molecule has 3 heteroatoms. The van der Waals surface area contributed by atoms with Crippen molar-refractivity contribution in [2.75, 3.05) is 5.33 Å². The first kappa shape index (κ1) is 12.7. The van der Waals surface area contributed by atoms with Crippen molar-refractivity contribution in [2.45, 2.75) is 26.2 Å². The molecule has 1 saturated carbocycles. The molecule has 1 atom stereocenters. The fourth-order valence-corrected chi connectivity index (χ4v) is 3.31. The van der Waals surface area contributed by atoms with E-state index in [-0.39, 0.29) is 0 Å². The summed E-state index contributed by atoms with van der Waals surface area (Å²) in [6, 6.07) is 5.80. The SMILES string of the molecule is CC(CBr)(Cc1ccc(Cl)cc1Cl)C1CC1. The summed E-state index contributed by atoms with van der Waals surface area (Å²) in [7, 11) is 0. The Morgan fingerprint density at radius 1 is 1.38 bits per heavy atom. The van der Waals surface area contributed by atoms with Crippen LogP contribution >= 0.6 is 39.1 Å². The molecule has 88 valence electrons. The van der Waals surface area contributed by atoms with Gasteiger partial charge in [0.15, 0.2) is 0 Å². The van der Waals surface area contributed by atoms with Gasteiger partial charge in [-0.15, -0.1) is 0 Å². The molecule has 0 saturated heterocycles. The molecule has 0 nitrogen and oxygen atoms in total. The Morgan fingerprint density at radius 2 is 2.06 bits per heavy atom. The maximum atomic E-state index is 6.22. The first-order valence-corrected chi connectivity index (χ1v) is 7.43. The van der Waals surface area contributed by atoms with Crippen molar-refractivity contribution in [3.05, 3.63) is 33.8 Å². The summed E-state index contributed by atoms with van der Waals surface area (Å²) in [5.41, 5.74) is 1.54. The summed E-state index contributed by atoms with van der Waals surface area (Å²) in [6.07, 6.45) is 3.74. The van der Waals surface area contributed by atoms with Gasteiger partial charge in [-0.05, 0) is 48.3 Å². The second-order valence-corrected chi connectivity index (χ2v) is 6.38. The van der Waals surface area contributed by atoms with Gasteiger partial charge in [0.05, 0.1) is 0 Å². The minimum atomic E-state index is 0.331. The van der Waals surface area contributed by atoms with Crippen LogP contribution in [-0.4, -0.2) is 5.33 Å². The van der Waals surface area contributed by atoms with Crippen molar-refractivity contribution < 1.29 is 0 Å². The smallest absolute Gasteiger partial charge is 0.0453 e. The van der Waals surface area contributed by atoms with E-state index in [0.717, 1.165) is 22.7 Å². The van der Waals surface area contributed by atoms with Gasteiger partial charge in [0.2, 0.25) is 0 Å². The van der Waals surface area contributed by atoms with Gasteiger partial charge in [0, 0.05) is 15.4 Å². The summed E-state index contributed by atoms with van der Waals surface area (Å²) in [5, 5.41) is 2.53. The lowest BCUT2D eigenvalue weighted by atomic mass is 9.81. The Morgan fingerprint density at radius 3 is 2.56 bits per heavy atom. The molecule has 1 fully saturated rings. The van der Waals surface area contributed by atoms with Crippen LogP contribution in [0.25, 0.3) is 0 Å². The van der Waals surface area contributed by atoms with E-state index >= 15 is 0 Å². The van der Waals surface area contributed by atoms with Crippen molar-refractivity contribution in [3.63, 3.8) is 0 Å². The Bertz CT molecular complexity index is 388. The van der Waals surface area contributed by atoms with Crippen molar-refractivity contribution in [3.8, 4) is 0 Å². The van der Waals surface area contributed by atoms with Gasteiger partial charge in [-0.25, -0.2) is 0 Å². The molecule has 0 spiro atoms. The highest BCUT2D eigenvalue weighted by Gasteiger charge is 2.40. The zero-order valence-corrected chi connectivity index (χ0v) is 12.4. The number of benzene rings is 1. The van der Waals surface area contributed by atoms with Gasteiger partial charge >= 0.3 is 0 Å². The zero-order valence-electron chi connectivity index (χ0n) is 9.27. The van der Waals surface area contributed by atoms with Crippen LogP contribution in [0.1, 0.15) is 25.3 Å². The topological polar surface area (TPSA) is 0 Å². The third-order valence-electron chi connectivity index (χ3n) is 3.48. The third kappa shape index (κ3) is 2.75. The largest absolute Gasteiger partial charge is 0.0922 e. The van der Waals surface area contributed by atoms with Crippen LogP contribution in [0.4, 0.5) is 0 Å². The summed E-state index contributed by atoms with van der Waals surface area (Å²) >= 11 is 15.8. The lowest BCUT2D eigenvalue weighted by Gasteiger charge is -2.28. The Labute approximate surface area is 115 Å². The second-order valence-electron chi connectivity index (χ2n) is 4.97. The van der Waals surface area contributed by atoms with E-state index in [0.29, 0.717) is 10.4 Å². The lowest BCUT2D eigenvalue weighted by molar-refractivity contribution is 0.319. The van der Waals surface area contributed by atoms with E-state index in [1.165, 1.54) is 18.4 Å². The van der Waals surface area contributed by atoms with E-state index in [4.69, 9.17) is 23.2 Å². The van der Waals surface area contributed by atoms with E-state index in [1.807, 2.05) is 18.2 Å². The fourth-order valence-electron chi connectivity index (χ4n) is 2.18. The summed E-state index contributed by atoms with van der Waals surface area (Å²) < 4.78 is 0. The maximum Gasteiger partial charge on any atom is 0.0453 e. The maximum absolute atomic E-state index is 6.22. The molecule has 0 radical (unpaired) electrons. The van der Waals surface area contributed by atoms with Gasteiger partial charge in [-0.1, -0.05) is 52.1 Å². The number of halogens is 3. The van der Waals surface area contributed by atoms with Gasteiger partial charge in [-0.3, -0.25) is 0 Å². The van der Waals surface area contributed by atoms with Crippen LogP contribution in [0.5, 0.6) is 0 Å². The predicted molar refractivity (Wildman–Crippen MR) is 74.8 cm³/mol. The van der Waals surface area contributed by atoms with Gasteiger partial charge in [0.25, 0.3) is 0 Å². The zero-order chi connectivity index (χ0) is 11.8. The number of hydrogen-bond donors (Lipinski definition) is 0. The molecule has 2 rings (SSSR count). The highest BCUT2D eigenvalue weighted by molar-refractivity contribution is 9.09. The monoisotopic (exact) mass is 320 g/mol. The third-order valence-corrected chi connectivity index (χ3v) is 5.35. The molecule has 16 heavy (non-hydrogen) atoms. The van der Waals surface area contributed by atoms with Crippen LogP contribution in [0.3, 0.4) is 0 Å². The van der Waals surface area contributed by atoms with Crippen molar-refractivity contribution in [1.82, 2.24) is 0 Å². The van der Waals surface area contributed by atoms with E-state index < -0.39 is 0 Å². The number of hydrogen-bond acceptors (Lipinski definition) is 0. The Hall–Kier alpha value is 0.280. The first-order valence-electron chi connectivity index (χ1n) is 5.55. The minimum absolute atomic E-state index is 0.331. The molecular weight excluding hydrogens is 307 g/mol. The molecule has 1 aliphatic carbocycles. The average molecular weight is 322 g/mol. The number of alkyl halides is 1. The van der Waals surface area contributed by atoms with Crippen LogP contribution < -0.4 is 0 Å². The van der Waals surface area contributed by atoms with Crippen molar-refractivity contribution in [1.29, 1.82) is 0 Å². The highest BCUT2D eigenvalue weighted by atomic mass is 79.9. The quantitative estimate of drug-likeness (QED) is 0.656. The summed E-state index contributed by atoms with van der Waals surface area (Å²) in [4.78, 5) is 0. The molecule has 1 unspecified atom stereocenters. The Kier molecular flexibility index (Phi) is 3.88. The van der Waals surface area contributed by atoms with Crippen LogP contribution in [0, 0.1) is 11.3 Å². The van der Waals surface area contributed by atoms with E-state index in [9.17, 15) is 0 Å². The molecule has 1 aromatic carbocycles. The summed E-state index contributed by atoms with van der Waals surface area (Å²) in [6.45, 7) is 2.34. The molecule has 1 aromatic rings. The van der Waals surface area contributed by atoms with Gasteiger partial charge in [0.1, 0.15) is 0 Å². The molecule has 0 N–H and O–H groups in total. The number of rotatable bonds is 4. The summed E-state index contributed by atoms with van der Waals surface area (Å²) in [5.74, 6) is 0.846. The Balaban J connectivity index is 2.18. The lowest BCUT2D eigenvalue weighted by Crippen LogP contribution is -2.24. The van der Waals surface area contributed by atoms with Crippen molar-refractivity contribution >= 4 is 39.1 Å². The predicted octanol–water partition coefficient (Wildman–Crippen LogP) is 5.35. The molecule has 0 bridgehead atoms. The van der Waals surface area contributed by atoms with E-state index in [2.05, 4.69) is 22.9 Å². The van der Waals surface area contributed by atoms with Gasteiger partial charge in [-0.2, -0.15) is 0 Å². The normalized spacial score (nSPS) is 19.5.